The van der Waals surface area contributed by atoms with Crippen LogP contribution in [0.25, 0.3) is 0 Å². The van der Waals surface area contributed by atoms with Gasteiger partial charge in [-0.05, 0) is 46.1 Å². The topological polar surface area (TPSA) is 364 Å². The van der Waals surface area contributed by atoms with E-state index in [4.69, 9.17) is 35.2 Å². The predicted octanol–water partition coefficient (Wildman–Crippen LogP) is -0.366. The number of aliphatic hydroxyl groups excluding tert-OH is 9. The Morgan fingerprint density at radius 2 is 1.32 bits per heavy atom. The Kier molecular flexibility index (Phi) is 27.5. The van der Waals surface area contributed by atoms with E-state index in [0.717, 1.165) is 7.11 Å². The second kappa shape index (κ2) is 31.8. The van der Waals surface area contributed by atoms with E-state index in [1.54, 1.807) is 86.8 Å². The number of rotatable bonds is 7. The van der Waals surface area contributed by atoms with Crippen molar-refractivity contribution in [3.63, 3.8) is 0 Å². The van der Waals surface area contributed by atoms with Crippen LogP contribution in [-0.2, 0) is 38.1 Å². The van der Waals surface area contributed by atoms with Crippen LogP contribution in [-0.4, -0.2) is 186 Å². The molecule has 3 aliphatic heterocycles. The lowest BCUT2D eigenvalue weighted by Crippen LogP contribution is -2.65. The summed E-state index contributed by atoms with van der Waals surface area (Å²) >= 11 is 0. The van der Waals surface area contributed by atoms with Gasteiger partial charge in [0.2, 0.25) is 5.91 Å². The standard InChI is InChI=1S/C52H83N3O18/c1-30-18-16-14-12-10-8-6-7-9-11-13-15-17-19-37(72-51-48(65)45(47(64)33(4)71-51)55-49(66)38(54)22-23-53)27-42-44(50(67)69-5)41(61)29-52(68,73-42)28-36(58)25-40(60)39(59)21-20-34(56)24-35(57)26-43(62)70-32(3)31(2)46(30)63/h6-19,30-42,44-48,51,56-61,63-65,68H,20-29,53-54H2,1-5H3,(H,55,66)/b7-6+,10-8+,11-9+,14-12+,15-13+,18-16+,19-17+/t30-,31-,32-,33+,34+,35+,36-,37-,38+,39+,40+,41-,42-,44+,45-,46+,47+,48-,51-,52+/m0/s1. The average molecular weight is 1040 g/mol. The van der Waals surface area contributed by atoms with Crippen molar-refractivity contribution in [2.45, 2.75) is 189 Å². The molecule has 21 nitrogen and oxygen atoms in total. The lowest BCUT2D eigenvalue weighted by Gasteiger charge is -2.46. The van der Waals surface area contributed by atoms with Gasteiger partial charge in [-0.2, -0.15) is 0 Å². The van der Waals surface area contributed by atoms with Crippen LogP contribution in [0.5, 0.6) is 0 Å². The molecular weight excluding hydrogens is 955 g/mol. The zero-order valence-electron chi connectivity index (χ0n) is 42.5. The van der Waals surface area contributed by atoms with Gasteiger partial charge in [-0.3, -0.25) is 14.4 Å². The molecule has 73 heavy (non-hydrogen) atoms. The monoisotopic (exact) mass is 1040 g/mol. The summed E-state index contributed by atoms with van der Waals surface area (Å²) in [7, 11) is 1.10. The molecule has 3 heterocycles. The van der Waals surface area contributed by atoms with Crippen LogP contribution in [0.3, 0.4) is 0 Å². The van der Waals surface area contributed by atoms with Gasteiger partial charge in [0, 0.05) is 37.5 Å². The third-order valence-corrected chi connectivity index (χ3v) is 13.3. The number of ether oxygens (including phenoxy) is 5. The predicted molar refractivity (Wildman–Crippen MR) is 267 cm³/mol. The maximum Gasteiger partial charge on any atom is 0.313 e. The average Bonchev–Trinajstić information content (AvgIpc) is 3.32. The molecule has 0 aromatic rings. The Labute approximate surface area is 428 Å². The number of nitrogens with one attached hydrogen (secondary N) is 1. The number of esters is 2. The number of hydrogen-bond acceptors (Lipinski definition) is 20. The van der Waals surface area contributed by atoms with Crippen molar-refractivity contribution in [1.29, 1.82) is 0 Å². The fourth-order valence-electron chi connectivity index (χ4n) is 8.81. The van der Waals surface area contributed by atoms with Crippen LogP contribution in [0.4, 0.5) is 0 Å². The van der Waals surface area contributed by atoms with Gasteiger partial charge in [0.1, 0.15) is 24.2 Å². The van der Waals surface area contributed by atoms with E-state index in [0.29, 0.717) is 0 Å². The van der Waals surface area contributed by atoms with Gasteiger partial charge in [-0.25, -0.2) is 0 Å². The Balaban J connectivity index is 1.94. The molecule has 1 amide bonds. The minimum Gasteiger partial charge on any atom is -0.469 e. The van der Waals surface area contributed by atoms with Crippen molar-refractivity contribution in [3.8, 4) is 0 Å². The molecule has 3 rings (SSSR count). The molecule has 414 valence electrons. The summed E-state index contributed by atoms with van der Waals surface area (Å²) in [4.78, 5) is 38.8. The van der Waals surface area contributed by atoms with E-state index >= 15 is 0 Å². The molecule has 2 saturated heterocycles. The third-order valence-electron chi connectivity index (χ3n) is 13.3. The molecule has 0 unspecified atom stereocenters. The van der Waals surface area contributed by atoms with Gasteiger partial charge in [0.25, 0.3) is 0 Å². The summed E-state index contributed by atoms with van der Waals surface area (Å²) in [5, 5.41) is 113. The molecular formula is C52H83N3O18. The second-order valence-corrected chi connectivity index (χ2v) is 19.4. The first kappa shape index (κ1) is 63.3. The van der Waals surface area contributed by atoms with E-state index in [-0.39, 0.29) is 44.6 Å². The van der Waals surface area contributed by atoms with E-state index in [1.807, 2.05) is 13.0 Å². The summed E-state index contributed by atoms with van der Waals surface area (Å²) < 4.78 is 28.7. The van der Waals surface area contributed by atoms with Crippen LogP contribution in [0.1, 0.15) is 85.5 Å². The van der Waals surface area contributed by atoms with Crippen LogP contribution in [0.2, 0.25) is 0 Å². The highest BCUT2D eigenvalue weighted by molar-refractivity contribution is 5.82. The molecule has 21 heteroatoms. The number of aliphatic hydroxyl groups is 10. The molecule has 2 fully saturated rings. The molecule has 0 saturated carbocycles. The Morgan fingerprint density at radius 3 is 1.90 bits per heavy atom. The van der Waals surface area contributed by atoms with Gasteiger partial charge in [0.15, 0.2) is 12.1 Å². The fraction of sp³-hybridized carbons (Fsp3) is 0.673. The SMILES string of the molecule is COC(=O)[C@H]1[C@@H]2C[C@@H](O[C@@H]3O[C@H](C)[C@@H](O)[C@H](NC(=O)[C@H](N)CCN)[C@@H]3O)/C=C/C=C/C=C/C=C/C=C/C=C/C=C/[C@H](C)[C@@H](O)[C@@H](C)[C@H](C)OC(=O)C[C@H](O)C[C@H](O)CC[C@@H](O)[C@H](O)C[C@H](O)C[C@](O)(C[C@@H]1O)O2. The quantitative estimate of drug-likeness (QED) is 0.145. The molecule has 0 radical (unpaired) electrons. The number of methoxy groups -OCH3 is 1. The summed E-state index contributed by atoms with van der Waals surface area (Å²) in [6.07, 6.45) is 2.89. The number of nitrogens with two attached hydrogens (primary N) is 2. The summed E-state index contributed by atoms with van der Waals surface area (Å²) in [6, 6.07) is -2.36. The molecule has 0 aromatic heterocycles. The van der Waals surface area contributed by atoms with E-state index in [9.17, 15) is 65.4 Å². The number of amides is 1. The zero-order valence-corrected chi connectivity index (χ0v) is 42.5. The van der Waals surface area contributed by atoms with Crippen molar-refractivity contribution in [1.82, 2.24) is 5.32 Å². The van der Waals surface area contributed by atoms with Gasteiger partial charge in [0.05, 0.1) is 86.7 Å². The van der Waals surface area contributed by atoms with Crippen LogP contribution >= 0.6 is 0 Å². The first-order chi connectivity index (χ1) is 34.5. The molecule has 3 aliphatic rings. The van der Waals surface area contributed by atoms with E-state index in [1.165, 1.54) is 13.0 Å². The minimum absolute atomic E-state index is 0.108. The van der Waals surface area contributed by atoms with Gasteiger partial charge in [-0.1, -0.05) is 98.9 Å². The highest BCUT2D eigenvalue weighted by Gasteiger charge is 2.51. The highest BCUT2D eigenvalue weighted by atomic mass is 16.7. The van der Waals surface area contributed by atoms with Crippen LogP contribution in [0.15, 0.2) is 85.1 Å². The number of cyclic esters (lactones) is 1. The first-order valence-electron chi connectivity index (χ1n) is 25.1. The summed E-state index contributed by atoms with van der Waals surface area (Å²) in [5.41, 5.74) is 11.5. The zero-order chi connectivity index (χ0) is 54.4. The molecule has 15 N–H and O–H groups in total. The van der Waals surface area contributed by atoms with Crippen molar-refractivity contribution >= 4 is 17.8 Å². The number of carbonyl (C=O) groups is 3. The number of carbonyl (C=O) groups excluding carboxylic acids is 3. The highest BCUT2D eigenvalue weighted by Crippen LogP contribution is 2.38. The number of allylic oxidation sites excluding steroid dienone is 12. The fourth-order valence-corrected chi connectivity index (χ4v) is 8.81. The molecule has 0 aromatic carbocycles. The Hall–Kier alpha value is -4.01. The number of fused-ring (bicyclic) bond motifs is 2. The summed E-state index contributed by atoms with van der Waals surface area (Å²) in [6.45, 7) is 6.81. The molecule has 2 bridgehead atoms. The normalized spacial score (nSPS) is 42.1. The Morgan fingerprint density at radius 1 is 0.726 bits per heavy atom. The minimum atomic E-state index is -2.33. The lowest BCUT2D eigenvalue weighted by atomic mass is 9.82. The van der Waals surface area contributed by atoms with Gasteiger partial charge in [-0.15, -0.1) is 0 Å². The van der Waals surface area contributed by atoms with Gasteiger partial charge < -0.3 is 91.5 Å². The second-order valence-electron chi connectivity index (χ2n) is 19.4. The largest absolute Gasteiger partial charge is 0.469 e. The maximum absolute atomic E-state index is 13.2. The Bertz CT molecular complexity index is 1900. The van der Waals surface area contributed by atoms with Crippen molar-refractivity contribution < 1.29 is 89.1 Å². The van der Waals surface area contributed by atoms with Gasteiger partial charge >= 0.3 is 11.9 Å². The molecule has 20 atom stereocenters. The third kappa shape index (κ3) is 21.3. The van der Waals surface area contributed by atoms with Crippen molar-refractivity contribution in [2.75, 3.05) is 13.7 Å². The smallest absolute Gasteiger partial charge is 0.313 e. The number of hydrogen-bond donors (Lipinski definition) is 13. The molecule has 0 aliphatic carbocycles. The maximum atomic E-state index is 13.2. The van der Waals surface area contributed by atoms with E-state index in [2.05, 4.69) is 5.32 Å². The first-order valence-corrected chi connectivity index (χ1v) is 25.1. The van der Waals surface area contributed by atoms with Crippen LogP contribution in [0, 0.1) is 17.8 Å². The lowest BCUT2D eigenvalue weighted by molar-refractivity contribution is -0.309. The molecule has 0 spiro atoms. The van der Waals surface area contributed by atoms with Crippen LogP contribution < -0.4 is 16.8 Å². The van der Waals surface area contributed by atoms with Crippen molar-refractivity contribution in [2.24, 2.45) is 29.2 Å². The van der Waals surface area contributed by atoms with Crippen molar-refractivity contribution in [3.05, 3.63) is 85.1 Å². The van der Waals surface area contributed by atoms with E-state index < -0.39 is 159 Å². The summed E-state index contributed by atoms with van der Waals surface area (Å²) in [5.74, 6) is -6.83.